The van der Waals surface area contributed by atoms with Crippen molar-refractivity contribution >= 4 is 33.2 Å². The number of hydrogen-bond acceptors (Lipinski definition) is 4. The number of nitrogens with one attached hydrogen (secondary N) is 2. The van der Waals surface area contributed by atoms with Crippen LogP contribution in [0.4, 0.5) is 11.4 Å². The number of carbonyl (C=O) groups is 2. The molecule has 0 radical (unpaired) electrons. The van der Waals surface area contributed by atoms with Gasteiger partial charge in [-0.25, -0.2) is 13.1 Å². The fourth-order valence-electron chi connectivity index (χ4n) is 4.04. The van der Waals surface area contributed by atoms with E-state index < -0.39 is 15.9 Å². The molecule has 1 heterocycles. The van der Waals surface area contributed by atoms with Gasteiger partial charge in [0.25, 0.3) is 0 Å². The molecule has 2 amide bonds. The van der Waals surface area contributed by atoms with Crippen LogP contribution in [0, 0.1) is 19.8 Å². The van der Waals surface area contributed by atoms with Crippen LogP contribution < -0.4 is 14.9 Å². The van der Waals surface area contributed by atoms with E-state index in [0.29, 0.717) is 18.8 Å². The topological polar surface area (TPSA) is 95.6 Å². The highest BCUT2D eigenvalue weighted by atomic mass is 32.2. The molecule has 2 aromatic rings. The van der Waals surface area contributed by atoms with Crippen molar-refractivity contribution in [2.24, 2.45) is 5.92 Å². The number of anilines is 2. The third kappa shape index (κ3) is 6.65. The summed E-state index contributed by atoms with van der Waals surface area (Å²) in [6.07, 6.45) is 4.13. The lowest BCUT2D eigenvalue weighted by Gasteiger charge is -2.18. The second kappa shape index (κ2) is 10.9. The summed E-state index contributed by atoms with van der Waals surface area (Å²) in [6, 6.07) is 12.0. The van der Waals surface area contributed by atoms with Crippen molar-refractivity contribution in [3.63, 3.8) is 0 Å². The maximum absolute atomic E-state index is 12.8. The van der Waals surface area contributed by atoms with Crippen molar-refractivity contribution in [3.05, 3.63) is 53.6 Å². The van der Waals surface area contributed by atoms with Crippen molar-refractivity contribution in [3.8, 4) is 0 Å². The first-order chi connectivity index (χ1) is 15.7. The van der Waals surface area contributed by atoms with Gasteiger partial charge < -0.3 is 10.2 Å². The zero-order valence-electron chi connectivity index (χ0n) is 19.6. The SMILES string of the molecule is CCCCCCNS(=O)(=O)c1ccc(NC(=O)C2CC(=O)N(c3cc(C)cc(C)c3)C2)cc1. The van der Waals surface area contributed by atoms with E-state index in [0.717, 1.165) is 42.5 Å². The number of hydrogen-bond donors (Lipinski definition) is 2. The smallest absolute Gasteiger partial charge is 0.240 e. The summed E-state index contributed by atoms with van der Waals surface area (Å²) in [5.74, 6) is -0.794. The van der Waals surface area contributed by atoms with Crippen LogP contribution in [-0.2, 0) is 19.6 Å². The van der Waals surface area contributed by atoms with E-state index in [-0.39, 0.29) is 23.1 Å². The van der Waals surface area contributed by atoms with Gasteiger partial charge >= 0.3 is 0 Å². The van der Waals surface area contributed by atoms with Crippen molar-refractivity contribution in [1.82, 2.24) is 4.72 Å². The van der Waals surface area contributed by atoms with Gasteiger partial charge in [0.15, 0.2) is 0 Å². The molecular weight excluding hydrogens is 438 g/mol. The van der Waals surface area contributed by atoms with E-state index in [4.69, 9.17) is 0 Å². The molecule has 7 nitrogen and oxygen atoms in total. The molecule has 1 unspecified atom stereocenters. The second-order valence-corrected chi connectivity index (χ2v) is 10.5. The monoisotopic (exact) mass is 471 g/mol. The molecular formula is C25H33N3O4S. The number of benzene rings is 2. The molecule has 8 heteroatoms. The fraction of sp³-hybridized carbons (Fsp3) is 0.440. The molecule has 1 aliphatic rings. The van der Waals surface area contributed by atoms with Crippen LogP contribution in [0.1, 0.15) is 50.2 Å². The average molecular weight is 472 g/mol. The number of carbonyl (C=O) groups excluding carboxylic acids is 2. The minimum Gasteiger partial charge on any atom is -0.326 e. The highest BCUT2D eigenvalue weighted by Gasteiger charge is 2.35. The van der Waals surface area contributed by atoms with Crippen molar-refractivity contribution in [1.29, 1.82) is 0 Å². The van der Waals surface area contributed by atoms with E-state index >= 15 is 0 Å². The number of rotatable bonds is 10. The molecule has 0 spiro atoms. The van der Waals surface area contributed by atoms with Gasteiger partial charge in [0, 0.05) is 30.9 Å². The number of amides is 2. The van der Waals surface area contributed by atoms with Gasteiger partial charge in [-0.2, -0.15) is 0 Å². The Bertz CT molecular complexity index is 1080. The van der Waals surface area contributed by atoms with Gasteiger partial charge in [-0.1, -0.05) is 32.3 Å². The Balaban J connectivity index is 1.58. The fourth-order valence-corrected chi connectivity index (χ4v) is 5.12. The molecule has 1 saturated heterocycles. The Hall–Kier alpha value is -2.71. The molecule has 0 aromatic heterocycles. The molecule has 0 aliphatic carbocycles. The lowest BCUT2D eigenvalue weighted by Crippen LogP contribution is -2.28. The standard InChI is InChI=1S/C25H33N3O4S/c1-4-5-6-7-12-26-33(31,32)23-10-8-21(9-11-23)27-25(30)20-16-24(29)28(17-20)22-14-18(2)13-19(3)15-22/h8-11,13-15,20,26H,4-7,12,16-17H2,1-3H3,(H,27,30). The number of unbranched alkanes of at least 4 members (excludes halogenated alkanes) is 3. The summed E-state index contributed by atoms with van der Waals surface area (Å²) in [5, 5.41) is 2.81. The number of nitrogens with zero attached hydrogens (tertiary/aromatic N) is 1. The number of sulfonamides is 1. The zero-order chi connectivity index (χ0) is 24.0. The Morgan fingerprint density at radius 1 is 1.03 bits per heavy atom. The maximum Gasteiger partial charge on any atom is 0.240 e. The largest absolute Gasteiger partial charge is 0.326 e. The first kappa shape index (κ1) is 24.9. The van der Waals surface area contributed by atoms with Crippen molar-refractivity contribution in [2.45, 2.75) is 57.8 Å². The quantitative estimate of drug-likeness (QED) is 0.509. The van der Waals surface area contributed by atoms with Gasteiger partial charge in [0.1, 0.15) is 0 Å². The Morgan fingerprint density at radius 2 is 1.70 bits per heavy atom. The molecule has 3 rings (SSSR count). The van der Waals surface area contributed by atoms with E-state index in [1.165, 1.54) is 12.1 Å². The summed E-state index contributed by atoms with van der Waals surface area (Å²) in [6.45, 7) is 6.80. The average Bonchev–Trinajstić information content (AvgIpc) is 3.15. The van der Waals surface area contributed by atoms with Gasteiger partial charge in [-0.3, -0.25) is 9.59 Å². The predicted octanol–water partition coefficient (Wildman–Crippen LogP) is 4.15. The molecule has 2 N–H and O–H groups in total. The Kier molecular flexibility index (Phi) is 8.26. The highest BCUT2D eigenvalue weighted by molar-refractivity contribution is 7.89. The second-order valence-electron chi connectivity index (χ2n) is 8.72. The Morgan fingerprint density at radius 3 is 2.33 bits per heavy atom. The lowest BCUT2D eigenvalue weighted by molar-refractivity contribution is -0.122. The first-order valence-electron chi connectivity index (χ1n) is 11.5. The summed E-state index contributed by atoms with van der Waals surface area (Å²) in [4.78, 5) is 27.1. The summed E-state index contributed by atoms with van der Waals surface area (Å²) in [5.41, 5.74) is 3.44. The maximum atomic E-state index is 12.8. The highest BCUT2D eigenvalue weighted by Crippen LogP contribution is 2.28. The van der Waals surface area contributed by atoms with Gasteiger partial charge in [-0.15, -0.1) is 0 Å². The molecule has 33 heavy (non-hydrogen) atoms. The van der Waals surface area contributed by atoms with Crippen molar-refractivity contribution in [2.75, 3.05) is 23.3 Å². The summed E-state index contributed by atoms with van der Waals surface area (Å²) >= 11 is 0. The minimum absolute atomic E-state index is 0.0772. The van der Waals surface area contributed by atoms with Crippen LogP contribution in [0.15, 0.2) is 47.4 Å². The molecule has 1 atom stereocenters. The summed E-state index contributed by atoms with van der Waals surface area (Å²) < 4.78 is 27.5. The van der Waals surface area contributed by atoms with Crippen LogP contribution in [-0.4, -0.2) is 33.3 Å². The molecule has 1 fully saturated rings. The van der Waals surface area contributed by atoms with E-state index in [2.05, 4.69) is 17.0 Å². The molecule has 178 valence electrons. The van der Waals surface area contributed by atoms with E-state index in [1.54, 1.807) is 17.0 Å². The summed E-state index contributed by atoms with van der Waals surface area (Å²) in [7, 11) is -3.57. The van der Waals surface area contributed by atoms with Crippen LogP contribution >= 0.6 is 0 Å². The zero-order valence-corrected chi connectivity index (χ0v) is 20.4. The van der Waals surface area contributed by atoms with Crippen LogP contribution in [0.5, 0.6) is 0 Å². The normalized spacial score (nSPS) is 16.3. The Labute approximate surface area is 196 Å². The predicted molar refractivity (Wildman–Crippen MR) is 131 cm³/mol. The van der Waals surface area contributed by atoms with Crippen LogP contribution in [0.3, 0.4) is 0 Å². The van der Waals surface area contributed by atoms with E-state index in [1.807, 2.05) is 32.0 Å². The van der Waals surface area contributed by atoms with Crippen molar-refractivity contribution < 1.29 is 18.0 Å². The molecule has 2 aromatic carbocycles. The molecule has 0 bridgehead atoms. The molecule has 0 saturated carbocycles. The van der Waals surface area contributed by atoms with E-state index in [9.17, 15) is 18.0 Å². The molecule has 1 aliphatic heterocycles. The lowest BCUT2D eigenvalue weighted by atomic mass is 10.1. The first-order valence-corrected chi connectivity index (χ1v) is 13.0. The third-order valence-electron chi connectivity index (χ3n) is 5.77. The minimum atomic E-state index is -3.57. The van der Waals surface area contributed by atoms with Gasteiger partial charge in [0.05, 0.1) is 10.8 Å². The third-order valence-corrected chi connectivity index (χ3v) is 7.25. The number of aryl methyl sites for hydroxylation is 2. The van der Waals surface area contributed by atoms with Crippen LogP contribution in [0.2, 0.25) is 0 Å². The van der Waals surface area contributed by atoms with Gasteiger partial charge in [-0.05, 0) is 67.8 Å². The van der Waals surface area contributed by atoms with Gasteiger partial charge in [0.2, 0.25) is 21.8 Å². The van der Waals surface area contributed by atoms with Crippen LogP contribution in [0.25, 0.3) is 0 Å².